The van der Waals surface area contributed by atoms with Gasteiger partial charge in [0.05, 0.1) is 16.4 Å². The summed E-state index contributed by atoms with van der Waals surface area (Å²) in [5.41, 5.74) is 10.3. The zero-order chi connectivity index (χ0) is 33.8. The van der Waals surface area contributed by atoms with Crippen LogP contribution in [-0.2, 0) is 5.41 Å². The molecular weight excluding hydrogens is 635 g/mol. The molecule has 10 rings (SSSR count). The highest BCUT2D eigenvalue weighted by molar-refractivity contribution is 7.25. The maximum Gasteiger partial charge on any atom is 0.0702 e. The highest BCUT2D eigenvalue weighted by Crippen LogP contribution is 2.49. The molecule has 0 bridgehead atoms. The van der Waals surface area contributed by atoms with E-state index in [1.165, 1.54) is 75.4 Å². The van der Waals surface area contributed by atoms with Crippen LogP contribution in [0.25, 0.3) is 58.8 Å². The smallest absolute Gasteiger partial charge is 0.0702 e. The summed E-state index contributed by atoms with van der Waals surface area (Å²) >= 11 is 1.87. The van der Waals surface area contributed by atoms with Crippen molar-refractivity contribution in [3.8, 4) is 16.8 Å². The quantitative estimate of drug-likeness (QED) is 0.156. The number of aromatic nitrogens is 1. The van der Waals surface area contributed by atoms with Gasteiger partial charge in [0.15, 0.2) is 0 Å². The van der Waals surface area contributed by atoms with E-state index >= 15 is 0 Å². The van der Waals surface area contributed by atoms with Crippen molar-refractivity contribution < 1.29 is 0 Å². The minimum Gasteiger partial charge on any atom is -0.309 e. The van der Waals surface area contributed by atoms with Crippen LogP contribution in [-0.4, -0.2) is 4.57 Å². The van der Waals surface area contributed by atoms with Gasteiger partial charge >= 0.3 is 0 Å². The largest absolute Gasteiger partial charge is 0.309 e. The minimum absolute atomic E-state index is 0.618. The molecule has 240 valence electrons. The summed E-state index contributed by atoms with van der Waals surface area (Å²) in [5.74, 6) is 0. The van der Waals surface area contributed by atoms with Crippen molar-refractivity contribution in [2.45, 2.75) is 5.41 Å². The lowest BCUT2D eigenvalue weighted by Crippen LogP contribution is -2.31. The molecule has 2 heteroatoms. The Morgan fingerprint density at radius 2 is 0.882 bits per heavy atom. The Labute approximate surface area is 301 Å². The normalized spacial score (nSPS) is 12.9. The number of hydrogen-bond acceptors (Lipinski definition) is 1. The van der Waals surface area contributed by atoms with Crippen LogP contribution >= 0.6 is 11.3 Å². The summed E-state index contributed by atoms with van der Waals surface area (Å²) in [6, 6.07) is 73.8. The molecule has 0 fully saturated rings. The number of thiophene rings is 1. The fraction of sp³-hybridized carbons (Fsp3) is 0.0204. The fourth-order valence-electron chi connectivity index (χ4n) is 8.27. The zero-order valence-corrected chi connectivity index (χ0v) is 28.7. The van der Waals surface area contributed by atoms with Crippen LogP contribution in [0.3, 0.4) is 0 Å². The van der Waals surface area contributed by atoms with E-state index in [-0.39, 0.29) is 0 Å². The van der Waals surface area contributed by atoms with Crippen molar-refractivity contribution in [1.82, 2.24) is 4.57 Å². The molecular formula is C49H33NS. The molecule has 1 atom stereocenters. The third kappa shape index (κ3) is 4.68. The molecule has 2 aromatic heterocycles. The van der Waals surface area contributed by atoms with Crippen molar-refractivity contribution in [3.63, 3.8) is 0 Å². The molecule has 1 unspecified atom stereocenters. The lowest BCUT2D eigenvalue weighted by Gasteiger charge is -2.37. The molecule has 0 aliphatic rings. The van der Waals surface area contributed by atoms with Gasteiger partial charge in [-0.1, -0.05) is 146 Å². The number of nitrogens with zero attached hydrogens (tertiary/aromatic N) is 1. The standard InChI is InChI=1S/C49H33NS/c1-4-15-34(16-5-1)35-17-14-20-37(31-35)49(36-18-6-2-7-19-36,39-28-30-48-44(33-39)42-24-11-13-26-47(42)51-48)38-27-29-46-43(32-38)41-23-10-12-25-45(41)50(46)40-21-8-3-9-22-40/h1-33H. The molecule has 1 nitrogen and oxygen atoms in total. The van der Waals surface area contributed by atoms with Gasteiger partial charge in [0.1, 0.15) is 0 Å². The van der Waals surface area contributed by atoms with Gasteiger partial charge in [-0.3, -0.25) is 0 Å². The van der Waals surface area contributed by atoms with Gasteiger partial charge in [-0.2, -0.15) is 0 Å². The van der Waals surface area contributed by atoms with Crippen LogP contribution in [0.2, 0.25) is 0 Å². The second-order valence-corrected chi connectivity index (χ2v) is 14.4. The molecule has 0 aliphatic carbocycles. The molecule has 0 spiro atoms. The lowest BCUT2D eigenvalue weighted by molar-refractivity contribution is 0.748. The average molecular weight is 668 g/mol. The van der Waals surface area contributed by atoms with Crippen LogP contribution in [0.4, 0.5) is 0 Å². The van der Waals surface area contributed by atoms with Gasteiger partial charge in [-0.25, -0.2) is 0 Å². The molecule has 0 saturated carbocycles. The summed E-state index contributed by atoms with van der Waals surface area (Å²) in [4.78, 5) is 0. The van der Waals surface area contributed by atoms with Gasteiger partial charge in [-0.05, 0) is 88.0 Å². The van der Waals surface area contributed by atoms with Crippen LogP contribution < -0.4 is 0 Å². The van der Waals surface area contributed by atoms with E-state index in [4.69, 9.17) is 0 Å². The van der Waals surface area contributed by atoms with E-state index < -0.39 is 5.41 Å². The topological polar surface area (TPSA) is 4.93 Å². The summed E-state index contributed by atoms with van der Waals surface area (Å²) in [5, 5.41) is 5.10. The van der Waals surface area contributed by atoms with E-state index in [9.17, 15) is 0 Å². The van der Waals surface area contributed by atoms with Gasteiger partial charge in [0.2, 0.25) is 0 Å². The molecule has 0 N–H and O–H groups in total. The summed E-state index contributed by atoms with van der Waals surface area (Å²) in [7, 11) is 0. The Balaban J connectivity index is 1.34. The molecule has 0 saturated heterocycles. The van der Waals surface area contributed by atoms with Gasteiger partial charge < -0.3 is 4.57 Å². The lowest BCUT2D eigenvalue weighted by atomic mass is 9.64. The minimum atomic E-state index is -0.618. The molecule has 51 heavy (non-hydrogen) atoms. The SMILES string of the molecule is c1ccc(-c2cccc(C(c3ccccc3)(c3ccc4sc5ccccc5c4c3)c3ccc4c(c3)c3ccccc3n4-c3ccccc3)c2)cc1. The Kier molecular flexibility index (Phi) is 6.97. The van der Waals surface area contributed by atoms with Crippen LogP contribution in [0.1, 0.15) is 22.3 Å². The van der Waals surface area contributed by atoms with Crippen molar-refractivity contribution in [3.05, 3.63) is 222 Å². The van der Waals surface area contributed by atoms with Crippen LogP contribution in [0.15, 0.2) is 200 Å². The van der Waals surface area contributed by atoms with E-state index in [1.54, 1.807) is 0 Å². The van der Waals surface area contributed by atoms with Crippen molar-refractivity contribution >= 4 is 53.3 Å². The number of fused-ring (bicyclic) bond motifs is 6. The van der Waals surface area contributed by atoms with Gasteiger partial charge in [-0.15, -0.1) is 11.3 Å². The predicted octanol–water partition coefficient (Wildman–Crippen LogP) is 13.2. The monoisotopic (exact) mass is 667 g/mol. The number of hydrogen-bond donors (Lipinski definition) is 0. The van der Waals surface area contributed by atoms with Gasteiger partial charge in [0.25, 0.3) is 0 Å². The first-order valence-electron chi connectivity index (χ1n) is 17.5. The van der Waals surface area contributed by atoms with E-state index in [0.29, 0.717) is 0 Å². The Hall–Kier alpha value is -6.22. The Bertz CT molecular complexity index is 2850. The first kappa shape index (κ1) is 29.7. The molecule has 10 aromatic rings. The van der Waals surface area contributed by atoms with E-state index in [0.717, 1.165) is 5.69 Å². The second kappa shape index (κ2) is 12.0. The van der Waals surface area contributed by atoms with Crippen LogP contribution in [0, 0.1) is 0 Å². The molecule has 0 radical (unpaired) electrons. The number of para-hydroxylation sites is 2. The summed E-state index contributed by atoms with van der Waals surface area (Å²) < 4.78 is 5.02. The maximum atomic E-state index is 2.47. The first-order chi connectivity index (χ1) is 25.3. The summed E-state index contributed by atoms with van der Waals surface area (Å²) in [6.07, 6.45) is 0. The van der Waals surface area contributed by atoms with Crippen molar-refractivity contribution in [1.29, 1.82) is 0 Å². The fourth-order valence-corrected chi connectivity index (χ4v) is 9.36. The Morgan fingerprint density at radius 1 is 0.333 bits per heavy atom. The summed E-state index contributed by atoms with van der Waals surface area (Å²) in [6.45, 7) is 0. The molecule has 2 heterocycles. The van der Waals surface area contributed by atoms with E-state index in [2.05, 4.69) is 205 Å². The molecule has 0 amide bonds. The van der Waals surface area contributed by atoms with Gasteiger partial charge in [0, 0.05) is 36.6 Å². The first-order valence-corrected chi connectivity index (χ1v) is 18.3. The maximum absolute atomic E-state index is 2.47. The molecule has 8 aromatic carbocycles. The van der Waals surface area contributed by atoms with Crippen molar-refractivity contribution in [2.75, 3.05) is 0 Å². The highest BCUT2D eigenvalue weighted by atomic mass is 32.1. The van der Waals surface area contributed by atoms with Crippen LogP contribution in [0.5, 0.6) is 0 Å². The number of benzene rings is 8. The number of rotatable bonds is 6. The second-order valence-electron chi connectivity index (χ2n) is 13.3. The zero-order valence-electron chi connectivity index (χ0n) is 27.9. The predicted molar refractivity (Wildman–Crippen MR) is 217 cm³/mol. The Morgan fingerprint density at radius 3 is 1.69 bits per heavy atom. The van der Waals surface area contributed by atoms with Crippen molar-refractivity contribution in [2.24, 2.45) is 0 Å². The van der Waals surface area contributed by atoms with E-state index in [1.807, 2.05) is 11.3 Å². The molecule has 0 aliphatic heterocycles. The average Bonchev–Trinajstić information content (AvgIpc) is 3.75. The third-order valence-electron chi connectivity index (χ3n) is 10.5. The third-order valence-corrected chi connectivity index (χ3v) is 11.7. The highest BCUT2D eigenvalue weighted by Gasteiger charge is 2.39.